The van der Waals surface area contributed by atoms with Crippen LogP contribution in [-0.4, -0.2) is 50.2 Å². The van der Waals surface area contributed by atoms with Crippen molar-refractivity contribution < 1.29 is 24.1 Å². The molecule has 1 aliphatic rings. The smallest absolute Gasteiger partial charge is 0.335 e. The van der Waals surface area contributed by atoms with Gasteiger partial charge in [0.25, 0.3) is 0 Å². The molecule has 0 atom stereocenters. The number of morpholine rings is 1. The standard InChI is InChI=1S/C27H27ClN2O5/c1-2-34-25-16-20(17-29-22-7-9-23(10-8-22)30-11-13-33-14-12-30)15-24(28)26(25)35-18-19-3-5-21(6-4-19)27(31)32/h3-10,15-17H,2,11-14,18H2,1H3,(H,31,32). The number of rotatable bonds is 9. The minimum atomic E-state index is -0.968. The third-order valence-corrected chi connectivity index (χ3v) is 5.79. The van der Waals surface area contributed by atoms with Crippen molar-refractivity contribution in [2.24, 2.45) is 4.99 Å². The number of carbonyl (C=O) groups is 1. The maximum absolute atomic E-state index is 11.0. The van der Waals surface area contributed by atoms with Gasteiger partial charge in [0.15, 0.2) is 11.5 Å². The van der Waals surface area contributed by atoms with Gasteiger partial charge in [-0.1, -0.05) is 23.7 Å². The molecule has 0 saturated carbocycles. The monoisotopic (exact) mass is 494 g/mol. The summed E-state index contributed by atoms with van der Waals surface area (Å²) in [5, 5.41) is 9.45. The fourth-order valence-electron chi connectivity index (χ4n) is 3.68. The van der Waals surface area contributed by atoms with Crippen molar-refractivity contribution in [3.05, 3.63) is 82.4 Å². The molecule has 0 spiro atoms. The van der Waals surface area contributed by atoms with Gasteiger partial charge >= 0.3 is 5.97 Å². The molecule has 0 amide bonds. The van der Waals surface area contributed by atoms with Crippen LogP contribution in [0.5, 0.6) is 11.5 Å². The topological polar surface area (TPSA) is 80.6 Å². The predicted molar refractivity (Wildman–Crippen MR) is 137 cm³/mol. The zero-order valence-corrected chi connectivity index (χ0v) is 20.2. The summed E-state index contributed by atoms with van der Waals surface area (Å²) in [6.45, 7) is 5.84. The average molecular weight is 495 g/mol. The van der Waals surface area contributed by atoms with Crippen molar-refractivity contribution in [3.8, 4) is 11.5 Å². The number of ether oxygens (including phenoxy) is 3. The number of aromatic carboxylic acids is 1. The van der Waals surface area contributed by atoms with Gasteiger partial charge in [-0.25, -0.2) is 4.79 Å². The molecule has 0 aliphatic carbocycles. The summed E-state index contributed by atoms with van der Waals surface area (Å²) in [5.74, 6) is -0.0152. The van der Waals surface area contributed by atoms with E-state index >= 15 is 0 Å². The summed E-state index contributed by atoms with van der Waals surface area (Å²) in [6, 6.07) is 18.2. The van der Waals surface area contributed by atoms with Crippen molar-refractivity contribution in [3.63, 3.8) is 0 Å². The molecule has 1 fully saturated rings. The molecule has 1 aliphatic heterocycles. The highest BCUT2D eigenvalue weighted by molar-refractivity contribution is 6.32. The summed E-state index contributed by atoms with van der Waals surface area (Å²) in [6.07, 6.45) is 1.74. The Hall–Kier alpha value is -3.55. The van der Waals surface area contributed by atoms with E-state index in [1.807, 2.05) is 25.1 Å². The van der Waals surface area contributed by atoms with Crippen LogP contribution in [0.4, 0.5) is 11.4 Å². The first-order valence-corrected chi connectivity index (χ1v) is 11.8. The van der Waals surface area contributed by atoms with Gasteiger partial charge < -0.3 is 24.2 Å². The number of nitrogens with zero attached hydrogens (tertiary/aromatic N) is 2. The third kappa shape index (κ3) is 6.53. The number of carboxylic acids is 1. The summed E-state index contributed by atoms with van der Waals surface area (Å²) < 4.78 is 17.1. The lowest BCUT2D eigenvalue weighted by Gasteiger charge is -2.28. The first-order valence-electron chi connectivity index (χ1n) is 11.4. The average Bonchev–Trinajstić information content (AvgIpc) is 2.88. The second kappa shape index (κ2) is 11.7. The lowest BCUT2D eigenvalue weighted by Crippen LogP contribution is -2.36. The fourth-order valence-corrected chi connectivity index (χ4v) is 3.96. The molecule has 3 aromatic rings. The van der Waals surface area contributed by atoms with E-state index in [1.165, 1.54) is 0 Å². The Morgan fingerprint density at radius 2 is 1.80 bits per heavy atom. The van der Waals surface area contributed by atoms with Crippen molar-refractivity contribution in [2.45, 2.75) is 13.5 Å². The number of anilines is 1. The molecule has 1 N–H and O–H groups in total. The van der Waals surface area contributed by atoms with Crippen molar-refractivity contribution >= 4 is 35.2 Å². The highest BCUT2D eigenvalue weighted by atomic mass is 35.5. The quantitative estimate of drug-likeness (QED) is 0.390. The van der Waals surface area contributed by atoms with Gasteiger partial charge in [0.2, 0.25) is 0 Å². The maximum atomic E-state index is 11.0. The number of hydrogen-bond acceptors (Lipinski definition) is 6. The number of halogens is 1. The largest absolute Gasteiger partial charge is 0.490 e. The van der Waals surface area contributed by atoms with Crippen LogP contribution in [0.15, 0.2) is 65.7 Å². The summed E-state index contributed by atoms with van der Waals surface area (Å²) in [7, 11) is 0. The van der Waals surface area contributed by atoms with Gasteiger partial charge in [0, 0.05) is 25.0 Å². The molecule has 3 aromatic carbocycles. The van der Waals surface area contributed by atoms with Crippen LogP contribution in [0.2, 0.25) is 5.02 Å². The highest BCUT2D eigenvalue weighted by Crippen LogP contribution is 2.37. The molecule has 7 nitrogen and oxygen atoms in total. The first-order chi connectivity index (χ1) is 17.0. The predicted octanol–water partition coefficient (Wildman–Crippen LogP) is 5.60. The molecule has 0 bridgehead atoms. The lowest BCUT2D eigenvalue weighted by atomic mass is 10.1. The van der Waals surface area contributed by atoms with E-state index in [9.17, 15) is 4.79 Å². The van der Waals surface area contributed by atoms with E-state index in [0.29, 0.717) is 23.1 Å². The van der Waals surface area contributed by atoms with Gasteiger partial charge in [-0.3, -0.25) is 4.99 Å². The number of hydrogen-bond donors (Lipinski definition) is 1. The van der Waals surface area contributed by atoms with E-state index in [-0.39, 0.29) is 12.2 Å². The minimum Gasteiger partial charge on any atom is -0.490 e. The SMILES string of the molecule is CCOc1cc(C=Nc2ccc(N3CCOCC3)cc2)cc(Cl)c1OCc1ccc(C(=O)O)cc1. The second-order valence-electron chi connectivity index (χ2n) is 7.93. The van der Waals surface area contributed by atoms with Gasteiger partial charge in [0.05, 0.1) is 36.1 Å². The number of benzene rings is 3. The Labute approximate surface area is 209 Å². The van der Waals surface area contributed by atoms with Crippen LogP contribution in [0.3, 0.4) is 0 Å². The molecule has 35 heavy (non-hydrogen) atoms. The number of carboxylic acid groups (broad SMARTS) is 1. The third-order valence-electron chi connectivity index (χ3n) is 5.50. The summed E-state index contributed by atoms with van der Waals surface area (Å²) >= 11 is 6.53. The van der Waals surface area contributed by atoms with Crippen molar-refractivity contribution in [1.82, 2.24) is 0 Å². The molecule has 0 radical (unpaired) electrons. The minimum absolute atomic E-state index is 0.223. The highest BCUT2D eigenvalue weighted by Gasteiger charge is 2.13. The van der Waals surface area contributed by atoms with Gasteiger partial charge in [-0.05, 0) is 66.6 Å². The normalized spacial score (nSPS) is 13.7. The van der Waals surface area contributed by atoms with Crippen molar-refractivity contribution in [2.75, 3.05) is 37.8 Å². The molecule has 8 heteroatoms. The molecule has 4 rings (SSSR count). The Bertz CT molecular complexity index is 1170. The molecule has 1 heterocycles. The van der Waals surface area contributed by atoms with Gasteiger partial charge in [-0.2, -0.15) is 0 Å². The van der Waals surface area contributed by atoms with Crippen LogP contribution < -0.4 is 14.4 Å². The van der Waals surface area contributed by atoms with Crippen LogP contribution in [0.1, 0.15) is 28.4 Å². The van der Waals surface area contributed by atoms with Crippen molar-refractivity contribution in [1.29, 1.82) is 0 Å². The first kappa shape index (κ1) is 24.6. The Morgan fingerprint density at radius 1 is 1.09 bits per heavy atom. The Kier molecular flexibility index (Phi) is 8.23. The van der Waals surface area contributed by atoms with Crippen LogP contribution in [0.25, 0.3) is 0 Å². The Balaban J connectivity index is 1.46. The molecule has 1 saturated heterocycles. The molecular formula is C27H27ClN2O5. The zero-order valence-electron chi connectivity index (χ0n) is 19.4. The zero-order chi connectivity index (χ0) is 24.6. The van der Waals surface area contributed by atoms with E-state index in [2.05, 4.69) is 22.0 Å². The summed E-state index contributed by atoms with van der Waals surface area (Å²) in [4.78, 5) is 17.9. The molecule has 0 unspecified atom stereocenters. The van der Waals surface area contributed by atoms with E-state index in [1.54, 1.807) is 36.5 Å². The fraction of sp³-hybridized carbons (Fsp3) is 0.259. The second-order valence-corrected chi connectivity index (χ2v) is 8.33. The number of aliphatic imine (C=N–C) groups is 1. The van der Waals surface area contributed by atoms with Crippen LogP contribution >= 0.6 is 11.6 Å². The molecular weight excluding hydrogens is 468 g/mol. The summed E-state index contributed by atoms with van der Waals surface area (Å²) in [5.41, 5.74) is 3.82. The van der Waals surface area contributed by atoms with E-state index in [4.69, 9.17) is 30.9 Å². The molecule has 0 aromatic heterocycles. The van der Waals surface area contributed by atoms with Crippen LogP contribution in [-0.2, 0) is 11.3 Å². The van der Waals surface area contributed by atoms with Crippen LogP contribution in [0, 0.1) is 0 Å². The van der Waals surface area contributed by atoms with E-state index < -0.39 is 5.97 Å². The lowest BCUT2D eigenvalue weighted by molar-refractivity contribution is 0.0697. The Morgan fingerprint density at radius 3 is 2.46 bits per heavy atom. The molecule has 182 valence electrons. The van der Waals surface area contributed by atoms with E-state index in [0.717, 1.165) is 48.8 Å². The van der Waals surface area contributed by atoms with Gasteiger partial charge in [-0.15, -0.1) is 0 Å². The van der Waals surface area contributed by atoms with Gasteiger partial charge in [0.1, 0.15) is 6.61 Å². The maximum Gasteiger partial charge on any atom is 0.335 e.